The van der Waals surface area contributed by atoms with Gasteiger partial charge in [-0.3, -0.25) is 0 Å². The van der Waals surface area contributed by atoms with E-state index in [0.29, 0.717) is 12.2 Å². The molecule has 0 heterocycles. The first-order valence-electron chi connectivity index (χ1n) is 6.36. The third-order valence-corrected chi connectivity index (χ3v) is 3.04. The van der Waals surface area contributed by atoms with E-state index in [1.54, 1.807) is 6.07 Å². The van der Waals surface area contributed by atoms with Gasteiger partial charge in [0.1, 0.15) is 11.6 Å². The van der Waals surface area contributed by atoms with Gasteiger partial charge in [-0.25, -0.2) is 4.39 Å². The van der Waals surface area contributed by atoms with E-state index < -0.39 is 6.04 Å². The average molecular weight is 259 g/mol. The Labute approximate surface area is 113 Å². The summed E-state index contributed by atoms with van der Waals surface area (Å²) in [5.41, 5.74) is 8.38. The smallest absolute Gasteiger partial charge is 0.128 e. The molecule has 2 aromatic rings. The number of aryl methyl sites for hydroxylation is 1. The van der Waals surface area contributed by atoms with Gasteiger partial charge in [0.05, 0.1) is 12.6 Å². The van der Waals surface area contributed by atoms with Crippen LogP contribution in [0.2, 0.25) is 0 Å². The average Bonchev–Trinajstić information content (AvgIpc) is 2.39. The van der Waals surface area contributed by atoms with Crippen LogP contribution in [0.5, 0.6) is 5.75 Å². The highest BCUT2D eigenvalue weighted by atomic mass is 19.1. The summed E-state index contributed by atoms with van der Waals surface area (Å²) >= 11 is 0. The minimum absolute atomic E-state index is 0.263. The molecule has 0 aliphatic rings. The van der Waals surface area contributed by atoms with Gasteiger partial charge in [-0.05, 0) is 43.2 Å². The minimum atomic E-state index is -0.462. The molecule has 0 radical (unpaired) electrons. The van der Waals surface area contributed by atoms with Crippen molar-refractivity contribution in [1.82, 2.24) is 0 Å². The molecule has 0 amide bonds. The molecule has 3 heteroatoms. The Hall–Kier alpha value is -1.87. The molecule has 0 saturated heterocycles. The monoisotopic (exact) mass is 259 g/mol. The Morgan fingerprint density at radius 1 is 1.16 bits per heavy atom. The standard InChI is InChI=1S/C16H18FNO/c1-3-19-13-7-5-12(6-8-13)16(18)14-9-4-11(2)10-15(14)17/h4-10,16H,3,18H2,1-2H3. The molecule has 2 rings (SSSR count). The lowest BCUT2D eigenvalue weighted by Crippen LogP contribution is -2.13. The summed E-state index contributed by atoms with van der Waals surface area (Å²) in [6.07, 6.45) is 0. The second-order valence-corrected chi connectivity index (χ2v) is 4.50. The Balaban J connectivity index is 2.25. The third kappa shape index (κ3) is 3.12. The first-order valence-corrected chi connectivity index (χ1v) is 6.36. The molecular weight excluding hydrogens is 241 g/mol. The van der Waals surface area contributed by atoms with Crippen molar-refractivity contribution in [3.05, 3.63) is 65.0 Å². The highest BCUT2D eigenvalue weighted by molar-refractivity contribution is 5.36. The summed E-state index contributed by atoms with van der Waals surface area (Å²) in [6, 6.07) is 12.1. The van der Waals surface area contributed by atoms with E-state index >= 15 is 0 Å². The quantitative estimate of drug-likeness (QED) is 0.910. The van der Waals surface area contributed by atoms with E-state index in [1.807, 2.05) is 44.2 Å². The largest absolute Gasteiger partial charge is 0.494 e. The van der Waals surface area contributed by atoms with Crippen LogP contribution in [-0.4, -0.2) is 6.61 Å². The molecule has 0 aliphatic carbocycles. The van der Waals surface area contributed by atoms with E-state index in [9.17, 15) is 4.39 Å². The SMILES string of the molecule is CCOc1ccc(C(N)c2ccc(C)cc2F)cc1. The van der Waals surface area contributed by atoms with E-state index in [4.69, 9.17) is 10.5 Å². The highest BCUT2D eigenvalue weighted by Gasteiger charge is 2.13. The number of ether oxygens (including phenoxy) is 1. The molecular formula is C16H18FNO. The zero-order chi connectivity index (χ0) is 13.8. The number of benzene rings is 2. The molecule has 19 heavy (non-hydrogen) atoms. The zero-order valence-corrected chi connectivity index (χ0v) is 11.2. The van der Waals surface area contributed by atoms with Crippen molar-refractivity contribution in [2.75, 3.05) is 6.61 Å². The Morgan fingerprint density at radius 3 is 2.42 bits per heavy atom. The molecule has 0 spiro atoms. The summed E-state index contributed by atoms with van der Waals surface area (Å²) in [4.78, 5) is 0. The molecule has 0 fully saturated rings. The number of rotatable bonds is 4. The maximum absolute atomic E-state index is 13.9. The van der Waals surface area contributed by atoms with Gasteiger partial charge in [-0.15, -0.1) is 0 Å². The predicted octanol–water partition coefficient (Wildman–Crippen LogP) is 3.58. The molecule has 2 nitrogen and oxygen atoms in total. The van der Waals surface area contributed by atoms with Gasteiger partial charge in [0.2, 0.25) is 0 Å². The van der Waals surface area contributed by atoms with Crippen molar-refractivity contribution in [3.8, 4) is 5.75 Å². The Morgan fingerprint density at radius 2 is 1.84 bits per heavy atom. The second-order valence-electron chi connectivity index (χ2n) is 4.50. The van der Waals surface area contributed by atoms with Gasteiger partial charge in [-0.1, -0.05) is 24.3 Å². The molecule has 2 N–H and O–H groups in total. The predicted molar refractivity (Wildman–Crippen MR) is 74.8 cm³/mol. The normalized spacial score (nSPS) is 12.2. The van der Waals surface area contributed by atoms with Crippen molar-refractivity contribution in [2.24, 2.45) is 5.73 Å². The second kappa shape index (κ2) is 5.85. The number of nitrogens with two attached hydrogens (primary N) is 1. The first kappa shape index (κ1) is 13.6. The molecule has 0 aromatic heterocycles. The van der Waals surface area contributed by atoms with Crippen molar-refractivity contribution >= 4 is 0 Å². The first-order chi connectivity index (χ1) is 9.11. The summed E-state index contributed by atoms with van der Waals surface area (Å²) in [5, 5.41) is 0. The van der Waals surface area contributed by atoms with Gasteiger partial charge in [-0.2, -0.15) is 0 Å². The lowest BCUT2D eigenvalue weighted by molar-refractivity contribution is 0.340. The Kier molecular flexibility index (Phi) is 4.17. The fraction of sp³-hybridized carbons (Fsp3) is 0.250. The summed E-state index contributed by atoms with van der Waals surface area (Å²) in [6.45, 7) is 4.41. The van der Waals surface area contributed by atoms with Crippen LogP contribution in [0, 0.1) is 12.7 Å². The molecule has 0 saturated carbocycles. The molecule has 100 valence electrons. The van der Waals surface area contributed by atoms with Gasteiger partial charge in [0, 0.05) is 5.56 Å². The summed E-state index contributed by atoms with van der Waals surface area (Å²) in [5.74, 6) is 0.532. The fourth-order valence-electron chi connectivity index (χ4n) is 2.00. The van der Waals surface area contributed by atoms with Crippen LogP contribution in [-0.2, 0) is 0 Å². The lowest BCUT2D eigenvalue weighted by Gasteiger charge is -2.14. The van der Waals surface area contributed by atoms with Gasteiger partial charge >= 0.3 is 0 Å². The van der Waals surface area contributed by atoms with Crippen LogP contribution in [0.15, 0.2) is 42.5 Å². The third-order valence-electron chi connectivity index (χ3n) is 3.04. The Bertz CT molecular complexity index is 551. The van der Waals surface area contributed by atoms with Crippen molar-refractivity contribution in [3.63, 3.8) is 0 Å². The minimum Gasteiger partial charge on any atom is -0.494 e. The maximum atomic E-state index is 13.9. The summed E-state index contributed by atoms with van der Waals surface area (Å²) in [7, 11) is 0. The highest BCUT2D eigenvalue weighted by Crippen LogP contribution is 2.24. The lowest BCUT2D eigenvalue weighted by atomic mass is 9.98. The van der Waals surface area contributed by atoms with Gasteiger partial charge in [0.15, 0.2) is 0 Å². The van der Waals surface area contributed by atoms with Crippen LogP contribution in [0.1, 0.15) is 29.7 Å². The van der Waals surface area contributed by atoms with E-state index in [2.05, 4.69) is 0 Å². The van der Waals surface area contributed by atoms with E-state index in [-0.39, 0.29) is 5.82 Å². The van der Waals surface area contributed by atoms with E-state index in [1.165, 1.54) is 6.07 Å². The van der Waals surface area contributed by atoms with E-state index in [0.717, 1.165) is 16.9 Å². The van der Waals surface area contributed by atoms with Crippen molar-refractivity contribution in [1.29, 1.82) is 0 Å². The molecule has 0 bridgehead atoms. The van der Waals surface area contributed by atoms with Crippen molar-refractivity contribution in [2.45, 2.75) is 19.9 Å². The van der Waals surface area contributed by atoms with Crippen LogP contribution >= 0.6 is 0 Å². The topological polar surface area (TPSA) is 35.2 Å². The van der Waals surface area contributed by atoms with Crippen LogP contribution in [0.4, 0.5) is 4.39 Å². The number of hydrogen-bond donors (Lipinski definition) is 1. The maximum Gasteiger partial charge on any atom is 0.128 e. The number of halogens is 1. The van der Waals surface area contributed by atoms with Crippen LogP contribution in [0.25, 0.3) is 0 Å². The molecule has 0 aliphatic heterocycles. The van der Waals surface area contributed by atoms with Gasteiger partial charge < -0.3 is 10.5 Å². The fourth-order valence-corrected chi connectivity index (χ4v) is 2.00. The molecule has 1 unspecified atom stereocenters. The molecule has 2 aromatic carbocycles. The van der Waals surface area contributed by atoms with Crippen LogP contribution < -0.4 is 10.5 Å². The molecule has 1 atom stereocenters. The van der Waals surface area contributed by atoms with Crippen molar-refractivity contribution < 1.29 is 9.13 Å². The number of hydrogen-bond acceptors (Lipinski definition) is 2. The van der Waals surface area contributed by atoms with Gasteiger partial charge in [0.25, 0.3) is 0 Å². The zero-order valence-electron chi connectivity index (χ0n) is 11.2. The summed E-state index contributed by atoms with van der Waals surface area (Å²) < 4.78 is 19.3. The van der Waals surface area contributed by atoms with Crippen LogP contribution in [0.3, 0.4) is 0 Å².